The molecule has 7 heteroatoms. The molecule has 1 rings (SSSR count). The number of aromatic carboxylic acids is 1. The molecule has 6 nitrogen and oxygen atoms in total. The highest BCUT2D eigenvalue weighted by molar-refractivity contribution is 14.1. The zero-order valence-electron chi connectivity index (χ0n) is 6.73. The number of carboxylic acid groups (broad SMARTS) is 1. The first-order chi connectivity index (χ1) is 6.43. The number of carboxylic acids is 1. The van der Waals surface area contributed by atoms with Gasteiger partial charge in [0, 0.05) is 9.64 Å². The molecule has 0 saturated heterocycles. The molecule has 0 heterocycles. The third kappa shape index (κ3) is 1.92. The second-order valence-electron chi connectivity index (χ2n) is 2.45. The summed E-state index contributed by atoms with van der Waals surface area (Å²) in [6.45, 7) is 0. The van der Waals surface area contributed by atoms with Crippen molar-refractivity contribution < 1.29 is 14.8 Å². The Bertz CT molecular complexity index is 379. The van der Waals surface area contributed by atoms with Crippen LogP contribution < -0.4 is 5.73 Å². The van der Waals surface area contributed by atoms with E-state index < -0.39 is 10.9 Å². The normalized spacial score (nSPS) is 9.79. The number of nitrogens with zero attached hydrogens (tertiary/aromatic N) is 1. The Hall–Kier alpha value is -1.38. The maximum absolute atomic E-state index is 10.6. The fourth-order valence-electron chi connectivity index (χ4n) is 0.902. The minimum Gasteiger partial charge on any atom is -0.478 e. The molecule has 14 heavy (non-hydrogen) atoms. The number of carbonyl (C=O) groups is 1. The molecular weight excluding hydrogens is 303 g/mol. The smallest absolute Gasteiger partial charge is 0.336 e. The lowest BCUT2D eigenvalue weighted by atomic mass is 10.2. The van der Waals surface area contributed by atoms with Crippen LogP contribution in [0.15, 0.2) is 12.1 Å². The van der Waals surface area contributed by atoms with Gasteiger partial charge < -0.3 is 10.8 Å². The van der Waals surface area contributed by atoms with Gasteiger partial charge in [-0.15, -0.1) is 0 Å². The van der Waals surface area contributed by atoms with Crippen molar-refractivity contribution in [2.75, 3.05) is 5.73 Å². The van der Waals surface area contributed by atoms with E-state index in [0.717, 1.165) is 12.1 Å². The minimum absolute atomic E-state index is 0.0336. The standard InChI is InChI=1S/C7H5IN2O4/c8-4-2-6(10(13)14)5(9)1-3(4)7(11)12/h1-2H,9H2,(H,11,12). The molecule has 0 saturated carbocycles. The van der Waals surface area contributed by atoms with Crippen molar-refractivity contribution in [1.29, 1.82) is 0 Å². The van der Waals surface area contributed by atoms with Gasteiger partial charge in [-0.25, -0.2) is 4.79 Å². The molecule has 1 aromatic carbocycles. The number of hydrogen-bond acceptors (Lipinski definition) is 4. The number of halogens is 1. The van der Waals surface area contributed by atoms with E-state index in [1.165, 1.54) is 0 Å². The number of benzene rings is 1. The highest BCUT2D eigenvalue weighted by Crippen LogP contribution is 2.26. The average Bonchev–Trinajstić information content (AvgIpc) is 2.07. The summed E-state index contributed by atoms with van der Waals surface area (Å²) < 4.78 is 0.288. The Morgan fingerprint density at radius 1 is 1.57 bits per heavy atom. The summed E-state index contributed by atoms with van der Waals surface area (Å²) in [7, 11) is 0. The predicted octanol–water partition coefficient (Wildman–Crippen LogP) is 1.48. The van der Waals surface area contributed by atoms with Gasteiger partial charge in [0.2, 0.25) is 0 Å². The molecule has 1 aromatic rings. The van der Waals surface area contributed by atoms with E-state index in [4.69, 9.17) is 10.8 Å². The van der Waals surface area contributed by atoms with Crippen LogP contribution in [0.3, 0.4) is 0 Å². The van der Waals surface area contributed by atoms with Crippen LogP contribution in [-0.4, -0.2) is 16.0 Å². The van der Waals surface area contributed by atoms with E-state index in [2.05, 4.69) is 0 Å². The van der Waals surface area contributed by atoms with Gasteiger partial charge in [-0.2, -0.15) is 0 Å². The molecule has 0 amide bonds. The van der Waals surface area contributed by atoms with E-state index in [0.29, 0.717) is 0 Å². The van der Waals surface area contributed by atoms with E-state index in [1.807, 2.05) is 0 Å². The molecule has 0 aliphatic rings. The van der Waals surface area contributed by atoms with Crippen LogP contribution in [0.25, 0.3) is 0 Å². The number of anilines is 1. The molecule has 0 unspecified atom stereocenters. The van der Waals surface area contributed by atoms with E-state index in [9.17, 15) is 14.9 Å². The lowest BCUT2D eigenvalue weighted by Gasteiger charge is -2.01. The molecule has 0 bridgehead atoms. The summed E-state index contributed by atoms with van der Waals surface area (Å²) in [6.07, 6.45) is 0. The Morgan fingerprint density at radius 2 is 2.14 bits per heavy atom. The molecule has 0 spiro atoms. The third-order valence-corrected chi connectivity index (χ3v) is 2.44. The summed E-state index contributed by atoms with van der Waals surface area (Å²) in [6, 6.07) is 2.22. The second-order valence-corrected chi connectivity index (χ2v) is 3.62. The van der Waals surface area contributed by atoms with Gasteiger partial charge in [0.15, 0.2) is 0 Å². The number of nitrogen functional groups attached to an aromatic ring is 1. The highest BCUT2D eigenvalue weighted by Gasteiger charge is 2.17. The Balaban J connectivity index is 3.38. The van der Waals surface area contributed by atoms with Crippen molar-refractivity contribution in [3.8, 4) is 0 Å². The van der Waals surface area contributed by atoms with Crippen LogP contribution in [0.2, 0.25) is 0 Å². The Morgan fingerprint density at radius 3 is 2.57 bits per heavy atom. The highest BCUT2D eigenvalue weighted by atomic mass is 127. The lowest BCUT2D eigenvalue weighted by Crippen LogP contribution is -2.04. The number of rotatable bonds is 2. The maximum atomic E-state index is 10.6. The van der Waals surface area contributed by atoms with Crippen molar-refractivity contribution in [3.05, 3.63) is 31.4 Å². The van der Waals surface area contributed by atoms with Crippen molar-refractivity contribution in [3.63, 3.8) is 0 Å². The molecule has 74 valence electrons. The first-order valence-corrected chi connectivity index (χ1v) is 4.48. The maximum Gasteiger partial charge on any atom is 0.336 e. The molecule has 0 atom stereocenters. The SMILES string of the molecule is Nc1cc(C(=O)O)c(I)cc1[N+](=O)[O-]. The van der Waals surface area contributed by atoms with Crippen molar-refractivity contribution in [2.45, 2.75) is 0 Å². The molecule has 0 fully saturated rings. The van der Waals surface area contributed by atoms with Gasteiger partial charge in [-0.05, 0) is 28.7 Å². The van der Waals surface area contributed by atoms with Gasteiger partial charge in [-0.1, -0.05) is 0 Å². The van der Waals surface area contributed by atoms with Crippen LogP contribution >= 0.6 is 22.6 Å². The summed E-state index contributed by atoms with van der Waals surface area (Å²) in [5.41, 5.74) is 4.86. The molecule has 0 radical (unpaired) electrons. The molecule has 0 aliphatic carbocycles. The number of nitro groups is 1. The third-order valence-electron chi connectivity index (χ3n) is 1.54. The first-order valence-electron chi connectivity index (χ1n) is 3.40. The topological polar surface area (TPSA) is 106 Å². The summed E-state index contributed by atoms with van der Waals surface area (Å²) in [5, 5.41) is 19.1. The number of nitrogens with two attached hydrogens (primary N) is 1. The average molecular weight is 308 g/mol. The monoisotopic (exact) mass is 308 g/mol. The zero-order valence-corrected chi connectivity index (χ0v) is 8.89. The first kappa shape index (κ1) is 10.7. The Labute approximate surface area is 92.0 Å². The summed E-state index contributed by atoms with van der Waals surface area (Å²) in [5.74, 6) is -1.16. The lowest BCUT2D eigenvalue weighted by molar-refractivity contribution is -0.384. The molecular formula is C7H5IN2O4. The van der Waals surface area contributed by atoms with Gasteiger partial charge in [0.25, 0.3) is 5.69 Å². The van der Waals surface area contributed by atoms with Gasteiger partial charge >= 0.3 is 5.97 Å². The van der Waals surface area contributed by atoms with Crippen LogP contribution in [0, 0.1) is 13.7 Å². The predicted molar refractivity (Wildman–Crippen MR) is 57.2 cm³/mol. The van der Waals surface area contributed by atoms with Gasteiger partial charge in [-0.3, -0.25) is 10.1 Å². The molecule has 3 N–H and O–H groups in total. The van der Waals surface area contributed by atoms with Crippen LogP contribution in [0.1, 0.15) is 10.4 Å². The summed E-state index contributed by atoms with van der Waals surface area (Å²) in [4.78, 5) is 20.4. The fraction of sp³-hybridized carbons (Fsp3) is 0. The minimum atomic E-state index is -1.16. The van der Waals surface area contributed by atoms with Crippen LogP contribution in [0.5, 0.6) is 0 Å². The van der Waals surface area contributed by atoms with Crippen molar-refractivity contribution in [2.24, 2.45) is 0 Å². The van der Waals surface area contributed by atoms with Gasteiger partial charge in [0.05, 0.1) is 10.5 Å². The quantitative estimate of drug-likeness (QED) is 0.372. The van der Waals surface area contributed by atoms with Crippen LogP contribution in [-0.2, 0) is 0 Å². The van der Waals surface area contributed by atoms with Gasteiger partial charge in [0.1, 0.15) is 5.69 Å². The van der Waals surface area contributed by atoms with E-state index >= 15 is 0 Å². The van der Waals surface area contributed by atoms with Crippen molar-refractivity contribution >= 4 is 39.9 Å². The zero-order chi connectivity index (χ0) is 10.9. The van der Waals surface area contributed by atoms with Crippen LogP contribution in [0.4, 0.5) is 11.4 Å². The Kier molecular flexibility index (Phi) is 2.89. The number of nitro benzene ring substituents is 1. The van der Waals surface area contributed by atoms with E-state index in [1.54, 1.807) is 22.6 Å². The summed E-state index contributed by atoms with van der Waals surface area (Å²) >= 11 is 1.71. The van der Waals surface area contributed by atoms with E-state index in [-0.39, 0.29) is 20.5 Å². The fourth-order valence-corrected chi connectivity index (χ4v) is 1.58. The second kappa shape index (κ2) is 3.78. The molecule has 0 aromatic heterocycles. The largest absolute Gasteiger partial charge is 0.478 e. The molecule has 0 aliphatic heterocycles. The van der Waals surface area contributed by atoms with Crippen molar-refractivity contribution in [1.82, 2.24) is 0 Å². The number of hydrogen-bond donors (Lipinski definition) is 2.